The molecule has 2 nitrogen and oxygen atoms in total. The van der Waals surface area contributed by atoms with Crippen LogP contribution in [0.2, 0.25) is 0 Å². The Labute approximate surface area is 126 Å². The molecule has 2 aliphatic rings. The van der Waals surface area contributed by atoms with Crippen molar-refractivity contribution in [3.8, 4) is 0 Å². The van der Waals surface area contributed by atoms with Gasteiger partial charge in [0.1, 0.15) is 0 Å². The Morgan fingerprint density at radius 2 is 1.71 bits per heavy atom. The third kappa shape index (κ3) is 2.81. The highest BCUT2D eigenvalue weighted by atomic mass is 15.2. The first-order chi connectivity index (χ1) is 10.4. The number of fused-ring (bicyclic) bond motifs is 1. The maximum atomic E-state index is 3.77. The van der Waals surface area contributed by atoms with Crippen molar-refractivity contribution in [3.05, 3.63) is 65.7 Å². The van der Waals surface area contributed by atoms with Crippen molar-refractivity contribution in [2.24, 2.45) is 5.92 Å². The van der Waals surface area contributed by atoms with Gasteiger partial charge in [-0.15, -0.1) is 0 Å². The average Bonchev–Trinajstić information content (AvgIpc) is 3.36. The van der Waals surface area contributed by atoms with Crippen LogP contribution in [0.4, 0.5) is 5.69 Å². The van der Waals surface area contributed by atoms with Crippen molar-refractivity contribution in [1.29, 1.82) is 0 Å². The minimum atomic E-state index is 0.640. The highest BCUT2D eigenvalue weighted by Crippen LogP contribution is 2.36. The molecule has 0 bridgehead atoms. The lowest BCUT2D eigenvalue weighted by molar-refractivity contribution is 0.467. The number of hydrogen-bond acceptors (Lipinski definition) is 2. The summed E-state index contributed by atoms with van der Waals surface area (Å²) < 4.78 is 0. The van der Waals surface area contributed by atoms with E-state index in [1.807, 2.05) is 0 Å². The summed E-state index contributed by atoms with van der Waals surface area (Å²) in [6.45, 7) is 3.13. The maximum absolute atomic E-state index is 3.77. The van der Waals surface area contributed by atoms with Crippen LogP contribution in [-0.2, 0) is 13.1 Å². The SMILES string of the molecule is c1ccc(CN2CC(C3CC3)NCc3ccccc32)cc1. The van der Waals surface area contributed by atoms with E-state index < -0.39 is 0 Å². The third-order valence-corrected chi connectivity index (χ3v) is 4.71. The molecule has 0 saturated heterocycles. The van der Waals surface area contributed by atoms with Crippen molar-refractivity contribution in [2.75, 3.05) is 11.4 Å². The van der Waals surface area contributed by atoms with Crippen LogP contribution in [-0.4, -0.2) is 12.6 Å². The number of rotatable bonds is 3. The van der Waals surface area contributed by atoms with E-state index in [0.717, 1.165) is 25.6 Å². The minimum Gasteiger partial charge on any atom is -0.365 e. The lowest BCUT2D eigenvalue weighted by Crippen LogP contribution is -2.39. The molecule has 1 atom stereocenters. The highest BCUT2D eigenvalue weighted by molar-refractivity contribution is 5.55. The zero-order chi connectivity index (χ0) is 14.1. The molecule has 0 amide bonds. The second kappa shape index (κ2) is 5.53. The number of nitrogens with one attached hydrogen (secondary N) is 1. The second-order valence-corrected chi connectivity index (χ2v) is 6.32. The Bertz CT molecular complexity index is 604. The van der Waals surface area contributed by atoms with Gasteiger partial charge in [0.15, 0.2) is 0 Å². The summed E-state index contributed by atoms with van der Waals surface area (Å²) >= 11 is 0. The van der Waals surface area contributed by atoms with Gasteiger partial charge in [-0.2, -0.15) is 0 Å². The molecule has 2 aromatic carbocycles. The van der Waals surface area contributed by atoms with Crippen LogP contribution < -0.4 is 10.2 Å². The molecule has 0 aromatic heterocycles. The summed E-state index contributed by atoms with van der Waals surface area (Å²) in [6.07, 6.45) is 2.79. The molecule has 1 N–H and O–H groups in total. The molecular formula is C19H22N2. The van der Waals surface area contributed by atoms with E-state index in [1.54, 1.807) is 0 Å². The molecule has 1 aliphatic carbocycles. The highest BCUT2D eigenvalue weighted by Gasteiger charge is 2.34. The lowest BCUT2D eigenvalue weighted by Gasteiger charge is -2.28. The predicted molar refractivity (Wildman–Crippen MR) is 87.3 cm³/mol. The molecule has 1 unspecified atom stereocenters. The lowest BCUT2D eigenvalue weighted by atomic mass is 10.1. The molecule has 1 saturated carbocycles. The normalized spacial score (nSPS) is 21.7. The number of anilines is 1. The van der Waals surface area contributed by atoms with E-state index in [9.17, 15) is 0 Å². The standard InChI is InChI=1S/C19H22N2/c1-2-6-15(7-3-1)13-21-14-18(16-10-11-16)20-12-17-8-4-5-9-19(17)21/h1-9,16,18,20H,10-14H2. The van der Waals surface area contributed by atoms with Crippen molar-refractivity contribution in [1.82, 2.24) is 5.32 Å². The Morgan fingerprint density at radius 1 is 0.952 bits per heavy atom. The van der Waals surface area contributed by atoms with Gasteiger partial charge in [-0.1, -0.05) is 48.5 Å². The zero-order valence-corrected chi connectivity index (χ0v) is 12.3. The quantitative estimate of drug-likeness (QED) is 0.923. The van der Waals surface area contributed by atoms with Gasteiger partial charge in [-0.3, -0.25) is 0 Å². The zero-order valence-electron chi connectivity index (χ0n) is 12.3. The third-order valence-electron chi connectivity index (χ3n) is 4.71. The first-order valence-electron chi connectivity index (χ1n) is 8.00. The molecule has 1 heterocycles. The largest absolute Gasteiger partial charge is 0.365 e. The number of hydrogen-bond donors (Lipinski definition) is 1. The number of benzene rings is 2. The topological polar surface area (TPSA) is 15.3 Å². The monoisotopic (exact) mass is 278 g/mol. The molecular weight excluding hydrogens is 256 g/mol. The Hall–Kier alpha value is -1.80. The average molecular weight is 278 g/mol. The summed E-state index contributed by atoms with van der Waals surface area (Å²) in [7, 11) is 0. The van der Waals surface area contributed by atoms with E-state index in [0.29, 0.717) is 6.04 Å². The molecule has 2 aromatic rings. The van der Waals surface area contributed by atoms with E-state index >= 15 is 0 Å². The molecule has 4 rings (SSSR count). The van der Waals surface area contributed by atoms with Crippen LogP contribution in [0.1, 0.15) is 24.0 Å². The molecule has 108 valence electrons. The molecule has 21 heavy (non-hydrogen) atoms. The summed E-state index contributed by atoms with van der Waals surface area (Å²) in [5, 5.41) is 3.77. The van der Waals surface area contributed by atoms with Crippen molar-refractivity contribution >= 4 is 5.69 Å². The van der Waals surface area contributed by atoms with Gasteiger partial charge < -0.3 is 10.2 Å². The van der Waals surface area contributed by atoms with Crippen molar-refractivity contribution in [2.45, 2.75) is 32.0 Å². The Balaban J connectivity index is 1.63. The fourth-order valence-corrected chi connectivity index (χ4v) is 3.38. The fraction of sp³-hybridized carbons (Fsp3) is 0.368. The van der Waals surface area contributed by atoms with Gasteiger partial charge in [0.2, 0.25) is 0 Å². The van der Waals surface area contributed by atoms with Gasteiger partial charge in [-0.05, 0) is 36.0 Å². The van der Waals surface area contributed by atoms with Crippen LogP contribution in [0.25, 0.3) is 0 Å². The molecule has 0 radical (unpaired) electrons. The number of nitrogens with zero attached hydrogens (tertiary/aromatic N) is 1. The van der Waals surface area contributed by atoms with Crippen LogP contribution in [0.3, 0.4) is 0 Å². The maximum Gasteiger partial charge on any atom is 0.0430 e. The van der Waals surface area contributed by atoms with E-state index in [4.69, 9.17) is 0 Å². The number of para-hydroxylation sites is 1. The summed E-state index contributed by atoms with van der Waals surface area (Å²) in [4.78, 5) is 2.56. The first kappa shape index (κ1) is 12.9. The molecule has 0 spiro atoms. The minimum absolute atomic E-state index is 0.640. The van der Waals surface area contributed by atoms with Gasteiger partial charge >= 0.3 is 0 Å². The second-order valence-electron chi connectivity index (χ2n) is 6.32. The molecule has 2 heteroatoms. The van der Waals surface area contributed by atoms with Crippen LogP contribution in [0.15, 0.2) is 54.6 Å². The predicted octanol–water partition coefficient (Wildman–Crippen LogP) is 3.58. The Morgan fingerprint density at radius 3 is 2.52 bits per heavy atom. The molecule has 1 fully saturated rings. The van der Waals surface area contributed by atoms with Gasteiger partial charge in [0, 0.05) is 31.4 Å². The van der Waals surface area contributed by atoms with Gasteiger partial charge in [0.25, 0.3) is 0 Å². The first-order valence-corrected chi connectivity index (χ1v) is 8.00. The Kier molecular flexibility index (Phi) is 3.40. The fourth-order valence-electron chi connectivity index (χ4n) is 3.38. The smallest absolute Gasteiger partial charge is 0.0430 e. The van der Waals surface area contributed by atoms with E-state index in [2.05, 4.69) is 64.8 Å². The van der Waals surface area contributed by atoms with Crippen molar-refractivity contribution < 1.29 is 0 Å². The van der Waals surface area contributed by atoms with Crippen LogP contribution >= 0.6 is 0 Å². The van der Waals surface area contributed by atoms with Crippen LogP contribution in [0, 0.1) is 5.92 Å². The summed E-state index contributed by atoms with van der Waals surface area (Å²) in [5.41, 5.74) is 4.22. The summed E-state index contributed by atoms with van der Waals surface area (Å²) in [6, 6.07) is 20.3. The van der Waals surface area contributed by atoms with Crippen molar-refractivity contribution in [3.63, 3.8) is 0 Å². The molecule has 1 aliphatic heterocycles. The van der Waals surface area contributed by atoms with Gasteiger partial charge in [-0.25, -0.2) is 0 Å². The van der Waals surface area contributed by atoms with E-state index in [-0.39, 0.29) is 0 Å². The summed E-state index contributed by atoms with van der Waals surface area (Å²) in [5.74, 6) is 0.887. The van der Waals surface area contributed by atoms with Crippen LogP contribution in [0.5, 0.6) is 0 Å². The van der Waals surface area contributed by atoms with Gasteiger partial charge in [0.05, 0.1) is 0 Å². The van der Waals surface area contributed by atoms with E-state index in [1.165, 1.54) is 29.7 Å².